The van der Waals surface area contributed by atoms with Crippen molar-refractivity contribution in [2.75, 3.05) is 13.2 Å². The van der Waals surface area contributed by atoms with Crippen molar-refractivity contribution in [1.82, 2.24) is 20.1 Å². The molecule has 0 bridgehead atoms. The highest BCUT2D eigenvalue weighted by atomic mass is 16.5. The quantitative estimate of drug-likeness (QED) is 0.527. The number of nitrogens with zero attached hydrogens (tertiary/aromatic N) is 2. The summed E-state index contributed by atoms with van der Waals surface area (Å²) in [5.74, 6) is -2.55. The second-order valence-corrected chi connectivity index (χ2v) is 9.30. The molecule has 10 heteroatoms. The third-order valence-electron chi connectivity index (χ3n) is 5.71. The van der Waals surface area contributed by atoms with Gasteiger partial charge in [-0.05, 0) is 42.7 Å². The van der Waals surface area contributed by atoms with Crippen LogP contribution in [0.3, 0.4) is 0 Å². The molecule has 0 unspecified atom stereocenters. The molecule has 1 aromatic heterocycles. The largest absolute Gasteiger partial charge is 0.454 e. The van der Waals surface area contributed by atoms with Gasteiger partial charge in [-0.25, -0.2) is 4.79 Å². The number of imide groups is 2. The molecule has 1 saturated heterocycles. The number of ether oxygens (including phenoxy) is 1. The van der Waals surface area contributed by atoms with E-state index in [1.807, 2.05) is 6.92 Å². The Kier molecular flexibility index (Phi) is 5.93. The lowest BCUT2D eigenvalue weighted by Crippen LogP contribution is -2.54. The minimum atomic E-state index is -1.02. The van der Waals surface area contributed by atoms with Crippen LogP contribution in [-0.2, 0) is 26.2 Å². The van der Waals surface area contributed by atoms with Crippen molar-refractivity contribution in [1.29, 1.82) is 0 Å². The predicted octanol–water partition coefficient (Wildman–Crippen LogP) is 0.961. The number of urea groups is 1. The lowest BCUT2D eigenvalue weighted by atomic mass is 9.64. The van der Waals surface area contributed by atoms with Gasteiger partial charge >= 0.3 is 12.0 Å². The minimum Gasteiger partial charge on any atom is -0.454 e. The van der Waals surface area contributed by atoms with Crippen LogP contribution in [0, 0.1) is 11.3 Å². The first-order valence-electron chi connectivity index (χ1n) is 10.2. The van der Waals surface area contributed by atoms with E-state index in [1.165, 1.54) is 10.6 Å². The second-order valence-electron chi connectivity index (χ2n) is 9.30. The summed E-state index contributed by atoms with van der Waals surface area (Å²) in [5, 5.41) is 4.89. The second kappa shape index (κ2) is 8.16. The minimum absolute atomic E-state index is 0.125. The van der Waals surface area contributed by atoms with E-state index in [1.54, 1.807) is 19.3 Å². The Morgan fingerprint density at radius 2 is 1.97 bits per heavy atom. The summed E-state index contributed by atoms with van der Waals surface area (Å²) in [4.78, 5) is 62.3. The Labute approximate surface area is 180 Å². The molecule has 2 fully saturated rings. The third kappa shape index (κ3) is 4.78. The Morgan fingerprint density at radius 3 is 2.58 bits per heavy atom. The van der Waals surface area contributed by atoms with E-state index in [4.69, 9.17) is 4.74 Å². The number of aromatic nitrogens is 1. The van der Waals surface area contributed by atoms with Crippen molar-refractivity contribution in [3.05, 3.63) is 24.0 Å². The van der Waals surface area contributed by atoms with Gasteiger partial charge in [-0.1, -0.05) is 20.8 Å². The van der Waals surface area contributed by atoms with E-state index < -0.39 is 48.4 Å². The molecule has 1 saturated carbocycles. The standard InChI is InChI=1S/C21H28N4O6/c1-13-8-20(2,3)12-21(9-13)18(29)25(19(30)23-21)10-16(27)31-11-15(26)22-17(28)14-6-5-7-24(14)4/h5-7,13H,8-12H2,1-4H3,(H,23,30)(H,22,26,28)/t13-,21-/m0/s1. The van der Waals surface area contributed by atoms with Crippen molar-refractivity contribution < 1.29 is 28.7 Å². The normalized spacial score (nSPS) is 24.8. The summed E-state index contributed by atoms with van der Waals surface area (Å²) in [6, 6.07) is 2.55. The number of carbonyl (C=O) groups is 5. The van der Waals surface area contributed by atoms with E-state index in [0.717, 1.165) is 11.3 Å². The number of amides is 5. The summed E-state index contributed by atoms with van der Waals surface area (Å²) in [6.07, 6.45) is 3.59. The SMILES string of the molecule is C[C@H]1CC(C)(C)C[C@]2(C1)NC(=O)N(CC(=O)OCC(=O)NC(=O)c1cccn1C)C2=O. The zero-order valence-corrected chi connectivity index (χ0v) is 18.2. The first-order valence-corrected chi connectivity index (χ1v) is 10.2. The first-order chi connectivity index (χ1) is 14.4. The van der Waals surface area contributed by atoms with Crippen LogP contribution in [0.5, 0.6) is 0 Å². The number of nitrogens with one attached hydrogen (secondary N) is 2. The lowest BCUT2D eigenvalue weighted by molar-refractivity contribution is -0.151. The Hall–Kier alpha value is -3.17. The van der Waals surface area contributed by atoms with Crippen molar-refractivity contribution >= 4 is 29.7 Å². The van der Waals surface area contributed by atoms with E-state index >= 15 is 0 Å². The fraction of sp³-hybridized carbons (Fsp3) is 0.571. The van der Waals surface area contributed by atoms with Crippen LogP contribution in [0.2, 0.25) is 0 Å². The number of carbonyl (C=O) groups excluding carboxylic acids is 5. The number of rotatable bonds is 5. The molecule has 1 spiro atoms. The molecule has 5 amide bonds. The lowest BCUT2D eigenvalue weighted by Gasteiger charge is -2.43. The molecule has 1 aromatic rings. The molecule has 31 heavy (non-hydrogen) atoms. The Balaban J connectivity index is 1.54. The predicted molar refractivity (Wildman–Crippen MR) is 109 cm³/mol. The summed E-state index contributed by atoms with van der Waals surface area (Å²) >= 11 is 0. The molecule has 2 heterocycles. The monoisotopic (exact) mass is 432 g/mol. The van der Waals surface area contributed by atoms with E-state index in [-0.39, 0.29) is 17.0 Å². The van der Waals surface area contributed by atoms with Gasteiger partial charge in [-0.2, -0.15) is 0 Å². The Bertz CT molecular complexity index is 936. The van der Waals surface area contributed by atoms with Crippen molar-refractivity contribution in [2.45, 2.75) is 45.6 Å². The van der Waals surface area contributed by atoms with E-state index in [0.29, 0.717) is 12.8 Å². The number of aryl methyl sites for hydroxylation is 1. The summed E-state index contributed by atoms with van der Waals surface area (Å²) < 4.78 is 6.40. The van der Waals surface area contributed by atoms with Gasteiger partial charge in [-0.3, -0.25) is 29.4 Å². The van der Waals surface area contributed by atoms with E-state index in [9.17, 15) is 24.0 Å². The van der Waals surface area contributed by atoms with Gasteiger partial charge in [-0.15, -0.1) is 0 Å². The first kappa shape index (κ1) is 22.5. The highest BCUT2D eigenvalue weighted by molar-refractivity contribution is 6.09. The van der Waals surface area contributed by atoms with Gasteiger partial charge in [0.05, 0.1) is 0 Å². The molecule has 1 aliphatic carbocycles. The maximum absolute atomic E-state index is 13.0. The van der Waals surface area contributed by atoms with Gasteiger partial charge in [0, 0.05) is 13.2 Å². The third-order valence-corrected chi connectivity index (χ3v) is 5.71. The van der Waals surface area contributed by atoms with Crippen molar-refractivity contribution in [2.24, 2.45) is 18.4 Å². The maximum Gasteiger partial charge on any atom is 0.326 e. The van der Waals surface area contributed by atoms with Crippen LogP contribution in [0.15, 0.2) is 18.3 Å². The van der Waals surface area contributed by atoms with Crippen molar-refractivity contribution in [3.8, 4) is 0 Å². The fourth-order valence-corrected chi connectivity index (χ4v) is 4.89. The molecule has 0 aromatic carbocycles. The zero-order valence-electron chi connectivity index (χ0n) is 18.2. The molecule has 10 nitrogen and oxygen atoms in total. The average Bonchev–Trinajstić information content (AvgIpc) is 3.15. The molecule has 0 radical (unpaired) electrons. The summed E-state index contributed by atoms with van der Waals surface area (Å²) in [5.41, 5.74) is -0.869. The smallest absolute Gasteiger partial charge is 0.326 e. The molecule has 1 aliphatic heterocycles. The maximum atomic E-state index is 13.0. The summed E-state index contributed by atoms with van der Waals surface area (Å²) in [7, 11) is 1.65. The van der Waals surface area contributed by atoms with Gasteiger partial charge in [0.1, 0.15) is 17.8 Å². The molecular weight excluding hydrogens is 404 g/mol. The number of esters is 1. The van der Waals surface area contributed by atoms with Crippen LogP contribution in [0.4, 0.5) is 4.79 Å². The molecular formula is C21H28N4O6. The molecule has 3 rings (SSSR count). The van der Waals surface area contributed by atoms with Gasteiger partial charge in [0.25, 0.3) is 17.7 Å². The van der Waals surface area contributed by atoms with Gasteiger partial charge in [0.2, 0.25) is 0 Å². The molecule has 2 atom stereocenters. The molecule has 168 valence electrons. The topological polar surface area (TPSA) is 127 Å². The van der Waals surface area contributed by atoms with Crippen LogP contribution in [0.1, 0.15) is 50.5 Å². The summed E-state index contributed by atoms with van der Waals surface area (Å²) in [6.45, 7) is 4.84. The Morgan fingerprint density at radius 1 is 1.26 bits per heavy atom. The highest BCUT2D eigenvalue weighted by Gasteiger charge is 2.56. The number of hydrogen-bond donors (Lipinski definition) is 2. The van der Waals surface area contributed by atoms with Crippen LogP contribution < -0.4 is 10.6 Å². The van der Waals surface area contributed by atoms with Gasteiger partial charge in [0.15, 0.2) is 6.61 Å². The highest BCUT2D eigenvalue weighted by Crippen LogP contribution is 2.46. The van der Waals surface area contributed by atoms with Crippen molar-refractivity contribution in [3.63, 3.8) is 0 Å². The van der Waals surface area contributed by atoms with Crippen LogP contribution in [-0.4, -0.2) is 57.9 Å². The van der Waals surface area contributed by atoms with Crippen LogP contribution >= 0.6 is 0 Å². The average molecular weight is 432 g/mol. The number of hydrogen-bond acceptors (Lipinski definition) is 6. The fourth-order valence-electron chi connectivity index (χ4n) is 4.89. The van der Waals surface area contributed by atoms with Crippen LogP contribution in [0.25, 0.3) is 0 Å². The van der Waals surface area contributed by atoms with E-state index in [2.05, 4.69) is 24.5 Å². The zero-order chi connectivity index (χ0) is 23.0. The van der Waals surface area contributed by atoms with Gasteiger partial charge < -0.3 is 14.6 Å². The molecule has 2 aliphatic rings. The molecule has 2 N–H and O–H groups in total.